The molecule has 0 amide bonds. The van der Waals surface area contributed by atoms with Crippen molar-refractivity contribution in [2.75, 3.05) is 0 Å². The number of hydrogen-bond acceptors (Lipinski definition) is 0. The third kappa shape index (κ3) is 3.19. The molecule has 104 valence electrons. The standard InChI is InChI=1S/C20H24/c1-5-6-9-17-10-7-8-11-20(17)19-13-12-18(15(2)3)14-16(19)4/h5-8,10-15H,9H2,1-4H3/b6-5+. The number of aryl methyl sites for hydroxylation is 1. The van der Waals surface area contributed by atoms with Crippen LogP contribution in [0.5, 0.6) is 0 Å². The Hall–Kier alpha value is -1.82. The molecule has 0 heteroatoms. The van der Waals surface area contributed by atoms with E-state index < -0.39 is 0 Å². The zero-order chi connectivity index (χ0) is 14.5. The predicted octanol–water partition coefficient (Wildman–Crippen LogP) is 5.90. The van der Waals surface area contributed by atoms with E-state index >= 15 is 0 Å². The van der Waals surface area contributed by atoms with Crippen molar-refractivity contribution in [2.24, 2.45) is 0 Å². The first kappa shape index (κ1) is 14.6. The second-order valence-electron chi connectivity index (χ2n) is 5.66. The third-order valence-corrected chi connectivity index (χ3v) is 3.80. The molecule has 0 aromatic heterocycles. The fourth-order valence-corrected chi connectivity index (χ4v) is 2.55. The van der Waals surface area contributed by atoms with Crippen LogP contribution in [0.2, 0.25) is 0 Å². The summed E-state index contributed by atoms with van der Waals surface area (Å²) in [7, 11) is 0. The lowest BCUT2D eigenvalue weighted by Gasteiger charge is -2.14. The summed E-state index contributed by atoms with van der Waals surface area (Å²) in [6, 6.07) is 15.6. The molecule has 0 fully saturated rings. The van der Waals surface area contributed by atoms with Gasteiger partial charge in [-0.3, -0.25) is 0 Å². The van der Waals surface area contributed by atoms with E-state index in [0.29, 0.717) is 5.92 Å². The Labute approximate surface area is 123 Å². The molecule has 0 atom stereocenters. The zero-order valence-electron chi connectivity index (χ0n) is 13.0. The van der Waals surface area contributed by atoms with E-state index in [2.05, 4.69) is 82.3 Å². The molecule has 0 aliphatic carbocycles. The van der Waals surface area contributed by atoms with Gasteiger partial charge in [0.15, 0.2) is 0 Å². The maximum Gasteiger partial charge on any atom is -0.00914 e. The summed E-state index contributed by atoms with van der Waals surface area (Å²) >= 11 is 0. The molecule has 0 spiro atoms. The van der Waals surface area contributed by atoms with E-state index in [-0.39, 0.29) is 0 Å². The fraction of sp³-hybridized carbons (Fsp3) is 0.300. The van der Waals surface area contributed by atoms with Gasteiger partial charge in [-0.25, -0.2) is 0 Å². The van der Waals surface area contributed by atoms with E-state index in [1.807, 2.05) is 0 Å². The molecule has 2 aromatic carbocycles. The van der Waals surface area contributed by atoms with Crippen LogP contribution in [0.3, 0.4) is 0 Å². The van der Waals surface area contributed by atoms with Crippen LogP contribution in [-0.2, 0) is 6.42 Å². The van der Waals surface area contributed by atoms with Crippen LogP contribution in [0.1, 0.15) is 43.4 Å². The second-order valence-corrected chi connectivity index (χ2v) is 5.66. The summed E-state index contributed by atoms with van der Waals surface area (Å²) in [5, 5.41) is 0. The predicted molar refractivity (Wildman–Crippen MR) is 89.2 cm³/mol. The normalized spacial score (nSPS) is 11.4. The molecular formula is C20H24. The lowest BCUT2D eigenvalue weighted by atomic mass is 9.91. The maximum absolute atomic E-state index is 2.33. The summed E-state index contributed by atoms with van der Waals surface area (Å²) in [6.07, 6.45) is 5.33. The summed E-state index contributed by atoms with van der Waals surface area (Å²) in [5.74, 6) is 0.584. The molecule has 0 radical (unpaired) electrons. The van der Waals surface area contributed by atoms with E-state index in [9.17, 15) is 0 Å². The third-order valence-electron chi connectivity index (χ3n) is 3.80. The van der Waals surface area contributed by atoms with Gasteiger partial charge >= 0.3 is 0 Å². The molecule has 0 unspecified atom stereocenters. The Bertz CT molecular complexity index is 603. The van der Waals surface area contributed by atoms with Gasteiger partial charge in [0.2, 0.25) is 0 Å². The molecule has 2 rings (SSSR count). The SMILES string of the molecule is C/C=C/Cc1ccccc1-c1ccc(C(C)C)cc1C. The Balaban J connectivity index is 2.46. The summed E-state index contributed by atoms with van der Waals surface area (Å²) in [5.41, 5.74) is 6.89. The Morgan fingerprint density at radius 3 is 2.40 bits per heavy atom. The highest BCUT2D eigenvalue weighted by Crippen LogP contribution is 2.29. The molecule has 0 N–H and O–H groups in total. The van der Waals surface area contributed by atoms with E-state index in [1.165, 1.54) is 27.8 Å². The minimum absolute atomic E-state index is 0.584. The van der Waals surface area contributed by atoms with E-state index in [4.69, 9.17) is 0 Å². The number of hydrogen-bond donors (Lipinski definition) is 0. The monoisotopic (exact) mass is 264 g/mol. The van der Waals surface area contributed by atoms with Crippen LogP contribution >= 0.6 is 0 Å². The first-order chi connectivity index (χ1) is 9.63. The highest BCUT2D eigenvalue weighted by molar-refractivity contribution is 5.71. The molecule has 0 heterocycles. The van der Waals surface area contributed by atoms with Crippen molar-refractivity contribution in [3.63, 3.8) is 0 Å². The quantitative estimate of drug-likeness (QED) is 0.603. The molecule has 2 aromatic rings. The van der Waals surface area contributed by atoms with Crippen molar-refractivity contribution in [1.29, 1.82) is 0 Å². The van der Waals surface area contributed by atoms with Gasteiger partial charge in [0, 0.05) is 0 Å². The van der Waals surface area contributed by atoms with Crippen molar-refractivity contribution < 1.29 is 0 Å². The molecule has 0 nitrogen and oxygen atoms in total. The van der Waals surface area contributed by atoms with Crippen molar-refractivity contribution in [3.05, 3.63) is 71.3 Å². The molecule has 0 saturated carbocycles. The van der Waals surface area contributed by atoms with Crippen molar-refractivity contribution >= 4 is 0 Å². The van der Waals surface area contributed by atoms with E-state index in [1.54, 1.807) is 0 Å². The number of benzene rings is 2. The van der Waals surface area contributed by atoms with Gasteiger partial charge < -0.3 is 0 Å². The van der Waals surface area contributed by atoms with Gasteiger partial charge in [-0.2, -0.15) is 0 Å². The summed E-state index contributed by atoms with van der Waals surface area (Å²) in [6.45, 7) is 8.78. The van der Waals surface area contributed by atoms with Gasteiger partial charge in [0.1, 0.15) is 0 Å². The van der Waals surface area contributed by atoms with Crippen LogP contribution < -0.4 is 0 Å². The van der Waals surface area contributed by atoms with Crippen LogP contribution in [0.4, 0.5) is 0 Å². The Morgan fingerprint density at radius 1 is 1.00 bits per heavy atom. The first-order valence-corrected chi connectivity index (χ1v) is 7.43. The minimum atomic E-state index is 0.584. The highest BCUT2D eigenvalue weighted by atomic mass is 14.1. The van der Waals surface area contributed by atoms with Gasteiger partial charge in [-0.1, -0.05) is 68.5 Å². The summed E-state index contributed by atoms with van der Waals surface area (Å²) in [4.78, 5) is 0. The fourth-order valence-electron chi connectivity index (χ4n) is 2.55. The van der Waals surface area contributed by atoms with Gasteiger partial charge in [-0.15, -0.1) is 0 Å². The number of allylic oxidation sites excluding steroid dienone is 2. The number of rotatable bonds is 4. The highest BCUT2D eigenvalue weighted by Gasteiger charge is 2.08. The molecule has 20 heavy (non-hydrogen) atoms. The van der Waals surface area contributed by atoms with Crippen LogP contribution in [-0.4, -0.2) is 0 Å². The van der Waals surface area contributed by atoms with Crippen LogP contribution in [0.25, 0.3) is 11.1 Å². The molecular weight excluding hydrogens is 240 g/mol. The van der Waals surface area contributed by atoms with Crippen molar-refractivity contribution in [1.82, 2.24) is 0 Å². The van der Waals surface area contributed by atoms with Gasteiger partial charge in [-0.05, 0) is 54.0 Å². The first-order valence-electron chi connectivity index (χ1n) is 7.43. The molecule has 0 saturated heterocycles. The van der Waals surface area contributed by atoms with Crippen molar-refractivity contribution in [3.8, 4) is 11.1 Å². The Kier molecular flexibility index (Phi) is 4.79. The van der Waals surface area contributed by atoms with E-state index in [0.717, 1.165) is 6.42 Å². The average Bonchev–Trinajstić information content (AvgIpc) is 2.45. The topological polar surface area (TPSA) is 0 Å². The lowest BCUT2D eigenvalue weighted by molar-refractivity contribution is 0.865. The average molecular weight is 264 g/mol. The minimum Gasteiger partial charge on any atom is -0.0913 e. The largest absolute Gasteiger partial charge is 0.0913 e. The smallest absolute Gasteiger partial charge is 0.00914 e. The summed E-state index contributed by atoms with van der Waals surface area (Å²) < 4.78 is 0. The molecule has 0 bridgehead atoms. The molecule has 0 aliphatic rings. The van der Waals surface area contributed by atoms with Gasteiger partial charge in [0.25, 0.3) is 0 Å². The lowest BCUT2D eigenvalue weighted by Crippen LogP contribution is -1.93. The Morgan fingerprint density at radius 2 is 1.75 bits per heavy atom. The molecule has 0 aliphatic heterocycles. The second kappa shape index (κ2) is 6.56. The maximum atomic E-state index is 2.33. The van der Waals surface area contributed by atoms with Crippen LogP contribution in [0, 0.1) is 6.92 Å². The van der Waals surface area contributed by atoms with Crippen molar-refractivity contribution in [2.45, 2.75) is 40.0 Å². The van der Waals surface area contributed by atoms with Gasteiger partial charge in [0.05, 0.1) is 0 Å². The zero-order valence-corrected chi connectivity index (χ0v) is 13.0. The van der Waals surface area contributed by atoms with Crippen LogP contribution in [0.15, 0.2) is 54.6 Å².